The molecule has 0 fully saturated rings. The molecule has 0 atom stereocenters. The molecule has 0 N–H and O–H groups in total. The topological polar surface area (TPSA) is 38.9 Å². The number of hydrogen-bond donors (Lipinski definition) is 0. The molecule has 7 rings (SSSR count). The van der Waals surface area contributed by atoms with Crippen molar-refractivity contribution < 1.29 is 4.42 Å². The summed E-state index contributed by atoms with van der Waals surface area (Å²) in [6, 6.07) is 28.3. The van der Waals surface area contributed by atoms with Crippen molar-refractivity contribution in [2.75, 3.05) is 0 Å². The van der Waals surface area contributed by atoms with E-state index in [1.54, 1.807) is 0 Å². The lowest BCUT2D eigenvalue weighted by Crippen LogP contribution is -2.02. The molecule has 3 nitrogen and oxygen atoms in total. The molecule has 0 amide bonds. The van der Waals surface area contributed by atoms with Crippen LogP contribution in [-0.2, 0) is 0 Å². The Morgan fingerprint density at radius 1 is 0.675 bits per heavy atom. The summed E-state index contributed by atoms with van der Waals surface area (Å²) in [6.45, 7) is 13.0. The summed E-state index contributed by atoms with van der Waals surface area (Å²) in [5.74, 6) is 1.04. The molecule has 2 aromatic heterocycles. The third-order valence-corrected chi connectivity index (χ3v) is 8.18. The number of aryl methyl sites for hydroxylation is 4. The van der Waals surface area contributed by atoms with E-state index in [1.165, 1.54) is 44.2 Å². The fourth-order valence-electron chi connectivity index (χ4n) is 6.34. The van der Waals surface area contributed by atoms with E-state index in [-0.39, 0.29) is 5.92 Å². The van der Waals surface area contributed by atoms with Gasteiger partial charge < -0.3 is 4.42 Å². The third-order valence-electron chi connectivity index (χ3n) is 8.18. The van der Waals surface area contributed by atoms with Crippen LogP contribution >= 0.6 is 0 Å². The van der Waals surface area contributed by atoms with Gasteiger partial charge in [-0.05, 0) is 85.2 Å². The van der Waals surface area contributed by atoms with Crippen LogP contribution in [0.2, 0.25) is 0 Å². The van der Waals surface area contributed by atoms with Crippen LogP contribution in [0.25, 0.3) is 66.0 Å². The molecule has 0 aliphatic carbocycles. The highest BCUT2D eigenvalue weighted by Gasteiger charge is 2.20. The highest BCUT2D eigenvalue weighted by Crippen LogP contribution is 2.41. The predicted molar refractivity (Wildman–Crippen MR) is 168 cm³/mol. The Morgan fingerprint density at radius 2 is 1.43 bits per heavy atom. The molecule has 0 saturated carbocycles. The summed E-state index contributed by atoms with van der Waals surface area (Å²) in [7, 11) is 0. The smallest absolute Gasteiger partial charge is 0.144 e. The summed E-state index contributed by atoms with van der Waals surface area (Å²) in [4.78, 5) is 10.3. The van der Waals surface area contributed by atoms with Gasteiger partial charge in [0.15, 0.2) is 0 Å². The van der Waals surface area contributed by atoms with Crippen molar-refractivity contribution in [3.05, 3.63) is 107 Å². The van der Waals surface area contributed by atoms with Crippen molar-refractivity contribution in [3.8, 4) is 22.4 Å². The first kappa shape index (κ1) is 24.5. The second kappa shape index (κ2) is 9.02. The number of para-hydroxylation sites is 1. The first-order chi connectivity index (χ1) is 19.3. The molecule has 7 aromatic rings. The lowest BCUT2D eigenvalue weighted by atomic mass is 9.95. The van der Waals surface area contributed by atoms with Gasteiger partial charge in [0, 0.05) is 33.0 Å². The van der Waals surface area contributed by atoms with Gasteiger partial charge in [-0.2, -0.15) is 0 Å². The van der Waals surface area contributed by atoms with Crippen LogP contribution in [0.15, 0.2) is 83.3 Å². The zero-order valence-corrected chi connectivity index (χ0v) is 23.9. The average Bonchev–Trinajstić information content (AvgIpc) is 3.30. The monoisotopic (exact) mass is 520 g/mol. The number of benzene rings is 5. The van der Waals surface area contributed by atoms with E-state index < -0.39 is 0 Å². The number of hydrogen-bond acceptors (Lipinski definition) is 3. The molecule has 0 bridgehead atoms. The Hall–Kier alpha value is -4.50. The van der Waals surface area contributed by atoms with Crippen LogP contribution in [0, 0.1) is 27.7 Å². The minimum atomic E-state index is 0.193. The van der Waals surface area contributed by atoms with E-state index in [4.69, 9.17) is 14.4 Å². The van der Waals surface area contributed by atoms with E-state index in [0.717, 1.165) is 49.9 Å². The average molecular weight is 521 g/mol. The zero-order valence-electron chi connectivity index (χ0n) is 23.9. The van der Waals surface area contributed by atoms with Crippen molar-refractivity contribution >= 4 is 43.6 Å². The number of rotatable bonds is 3. The van der Waals surface area contributed by atoms with Crippen molar-refractivity contribution in [2.45, 2.75) is 47.5 Å². The summed E-state index contributed by atoms with van der Waals surface area (Å²) in [6.07, 6.45) is 0. The van der Waals surface area contributed by atoms with Crippen LogP contribution < -0.4 is 0 Å². The van der Waals surface area contributed by atoms with Gasteiger partial charge in [-0.3, -0.25) is 0 Å². The molecule has 2 heterocycles. The standard InChI is InChI=1S/C37H32N2O/c1-20(2)37-38-34(29-16-14-25-18-21(3)17-24(6)33(25)35(29)39-37)30-12-8-11-28-27-15-13-26(19-31(27)40-36(28)30)32-22(4)9-7-10-23(32)5/h7-20H,1-6H3. The maximum atomic E-state index is 6.70. The Kier molecular flexibility index (Phi) is 5.54. The first-order valence-corrected chi connectivity index (χ1v) is 14.0. The van der Waals surface area contributed by atoms with E-state index in [9.17, 15) is 0 Å². The number of nitrogens with zero attached hydrogens (tertiary/aromatic N) is 2. The number of fused-ring (bicyclic) bond motifs is 6. The van der Waals surface area contributed by atoms with Gasteiger partial charge in [-0.25, -0.2) is 9.97 Å². The van der Waals surface area contributed by atoms with Crippen molar-refractivity contribution in [1.29, 1.82) is 0 Å². The van der Waals surface area contributed by atoms with Gasteiger partial charge in [-0.15, -0.1) is 0 Å². The van der Waals surface area contributed by atoms with Crippen LogP contribution in [-0.4, -0.2) is 9.97 Å². The summed E-state index contributed by atoms with van der Waals surface area (Å²) in [5.41, 5.74) is 12.2. The minimum absolute atomic E-state index is 0.193. The second-order valence-electron chi connectivity index (χ2n) is 11.5. The van der Waals surface area contributed by atoms with E-state index in [1.807, 2.05) is 0 Å². The summed E-state index contributed by atoms with van der Waals surface area (Å²) >= 11 is 0. The van der Waals surface area contributed by atoms with Crippen LogP contribution in [0.4, 0.5) is 0 Å². The van der Waals surface area contributed by atoms with Crippen LogP contribution in [0.3, 0.4) is 0 Å². The molecule has 0 aliphatic heterocycles. The van der Waals surface area contributed by atoms with Crippen LogP contribution in [0.5, 0.6) is 0 Å². The van der Waals surface area contributed by atoms with Crippen LogP contribution in [0.1, 0.15) is 47.8 Å². The molecule has 0 aliphatic rings. The zero-order chi connectivity index (χ0) is 27.7. The van der Waals surface area contributed by atoms with Crippen molar-refractivity contribution in [1.82, 2.24) is 9.97 Å². The Bertz CT molecular complexity index is 2110. The van der Waals surface area contributed by atoms with Gasteiger partial charge in [0.1, 0.15) is 17.0 Å². The predicted octanol–water partition coefficient (Wildman–Crippen LogP) is 10.4. The Morgan fingerprint density at radius 3 is 2.20 bits per heavy atom. The summed E-state index contributed by atoms with van der Waals surface area (Å²) < 4.78 is 6.70. The quantitative estimate of drug-likeness (QED) is 0.218. The molecule has 0 spiro atoms. The van der Waals surface area contributed by atoms with Crippen molar-refractivity contribution in [2.24, 2.45) is 0 Å². The maximum Gasteiger partial charge on any atom is 0.144 e. The molecule has 40 heavy (non-hydrogen) atoms. The normalized spacial score (nSPS) is 12.0. The van der Waals surface area contributed by atoms with E-state index in [2.05, 4.69) is 120 Å². The van der Waals surface area contributed by atoms with E-state index in [0.29, 0.717) is 0 Å². The molecular weight excluding hydrogens is 488 g/mol. The van der Waals surface area contributed by atoms with Crippen molar-refractivity contribution in [3.63, 3.8) is 0 Å². The minimum Gasteiger partial charge on any atom is -0.455 e. The molecule has 0 saturated heterocycles. The molecule has 3 heteroatoms. The number of furan rings is 1. The van der Waals surface area contributed by atoms with Gasteiger partial charge in [0.05, 0.1) is 11.2 Å². The molecular formula is C37H32N2O. The maximum absolute atomic E-state index is 6.70. The van der Waals surface area contributed by atoms with Gasteiger partial charge >= 0.3 is 0 Å². The fraction of sp³-hybridized carbons (Fsp3) is 0.189. The fourth-order valence-corrected chi connectivity index (χ4v) is 6.34. The van der Waals surface area contributed by atoms with Gasteiger partial charge in [0.2, 0.25) is 0 Å². The highest BCUT2D eigenvalue weighted by atomic mass is 16.3. The molecule has 0 radical (unpaired) electrons. The van der Waals surface area contributed by atoms with Gasteiger partial charge in [-0.1, -0.05) is 74.0 Å². The second-order valence-corrected chi connectivity index (χ2v) is 11.5. The molecule has 0 unspecified atom stereocenters. The Labute approximate surface area is 234 Å². The van der Waals surface area contributed by atoms with Gasteiger partial charge in [0.25, 0.3) is 0 Å². The molecule has 196 valence electrons. The number of aromatic nitrogens is 2. The lowest BCUT2D eigenvalue weighted by molar-refractivity contribution is 0.670. The molecule has 5 aromatic carbocycles. The Balaban J connectivity index is 1.53. The summed E-state index contributed by atoms with van der Waals surface area (Å²) in [5, 5.41) is 5.68. The SMILES string of the molecule is Cc1cc(C)c2c(ccc3c(-c4cccc5c4oc4cc(-c6c(C)cccc6C)ccc45)nc(C(C)C)nc32)c1. The lowest BCUT2D eigenvalue weighted by Gasteiger charge is -2.14. The first-order valence-electron chi connectivity index (χ1n) is 14.0. The highest BCUT2D eigenvalue weighted by molar-refractivity contribution is 6.15. The van der Waals surface area contributed by atoms with E-state index >= 15 is 0 Å². The third kappa shape index (κ3) is 3.72. The largest absolute Gasteiger partial charge is 0.455 e.